The van der Waals surface area contributed by atoms with E-state index in [0.29, 0.717) is 0 Å². The first-order valence-electron chi connectivity index (χ1n) is 7.07. The van der Waals surface area contributed by atoms with Gasteiger partial charge in [-0.25, -0.2) is 0 Å². The van der Waals surface area contributed by atoms with Crippen LogP contribution in [0.1, 0.15) is 42.0 Å². The molecule has 1 aliphatic carbocycles. The molecule has 0 aromatic heterocycles. The molecule has 2 N–H and O–H groups in total. The van der Waals surface area contributed by atoms with E-state index in [1.165, 1.54) is 42.5 Å². The smallest absolute Gasteiger partial charge is 0.0424 e. The number of nitrogens with zero attached hydrogens (tertiary/aromatic N) is 1. The third-order valence-electron chi connectivity index (χ3n) is 4.26. The molecule has 0 amide bonds. The molecule has 0 spiro atoms. The van der Waals surface area contributed by atoms with Crippen molar-refractivity contribution in [3.8, 4) is 0 Å². The van der Waals surface area contributed by atoms with Crippen LogP contribution in [0.5, 0.6) is 0 Å². The van der Waals surface area contributed by atoms with Gasteiger partial charge in [0.25, 0.3) is 0 Å². The number of benzene rings is 1. The number of nitrogens with two attached hydrogens (primary N) is 1. The summed E-state index contributed by atoms with van der Waals surface area (Å²) in [6, 6.07) is 6.71. The number of likely N-dealkylation sites (N-methyl/N-ethyl adjacent to an activating group) is 1. The predicted molar refractivity (Wildman–Crippen MR) is 77.7 cm³/mol. The largest absolute Gasteiger partial charge is 0.323 e. The molecular formula is C16H26N2. The van der Waals surface area contributed by atoms with E-state index in [9.17, 15) is 0 Å². The number of hydrogen-bond acceptors (Lipinski definition) is 2. The van der Waals surface area contributed by atoms with Gasteiger partial charge in [-0.1, -0.05) is 24.6 Å². The van der Waals surface area contributed by atoms with Crippen molar-refractivity contribution in [2.24, 2.45) is 11.7 Å². The lowest BCUT2D eigenvalue weighted by molar-refractivity contribution is 0.198. The average Bonchev–Trinajstić information content (AvgIpc) is 2.27. The number of rotatable bonds is 5. The van der Waals surface area contributed by atoms with E-state index in [0.717, 1.165) is 12.5 Å². The Morgan fingerprint density at radius 3 is 2.56 bits per heavy atom. The summed E-state index contributed by atoms with van der Waals surface area (Å²) in [4.78, 5) is 2.39. The highest BCUT2D eigenvalue weighted by atomic mass is 15.1. The van der Waals surface area contributed by atoms with Gasteiger partial charge in [-0.05, 0) is 56.3 Å². The Labute approximate surface area is 111 Å². The van der Waals surface area contributed by atoms with Gasteiger partial charge in [0.15, 0.2) is 0 Å². The van der Waals surface area contributed by atoms with Crippen LogP contribution in [-0.2, 0) is 0 Å². The molecule has 1 atom stereocenters. The maximum Gasteiger partial charge on any atom is 0.0424 e. The third-order valence-corrected chi connectivity index (χ3v) is 4.26. The lowest BCUT2D eigenvalue weighted by Crippen LogP contribution is -2.34. The van der Waals surface area contributed by atoms with Crippen molar-refractivity contribution in [2.75, 3.05) is 20.1 Å². The number of hydrogen-bond donors (Lipinski definition) is 1. The van der Waals surface area contributed by atoms with Gasteiger partial charge in [-0.3, -0.25) is 0 Å². The Morgan fingerprint density at radius 1 is 1.28 bits per heavy atom. The Hall–Kier alpha value is -0.860. The first-order chi connectivity index (χ1) is 8.56. The van der Waals surface area contributed by atoms with E-state index in [4.69, 9.17) is 5.73 Å². The normalized spacial score (nSPS) is 17.8. The molecule has 0 bridgehead atoms. The van der Waals surface area contributed by atoms with Crippen LogP contribution in [0.4, 0.5) is 0 Å². The molecule has 1 fully saturated rings. The monoisotopic (exact) mass is 246 g/mol. The second-order valence-corrected chi connectivity index (χ2v) is 5.97. The molecule has 2 nitrogen and oxygen atoms in total. The van der Waals surface area contributed by atoms with Gasteiger partial charge in [0.05, 0.1) is 0 Å². The zero-order chi connectivity index (χ0) is 13.1. The van der Waals surface area contributed by atoms with E-state index < -0.39 is 0 Å². The van der Waals surface area contributed by atoms with Crippen LogP contribution in [0.15, 0.2) is 18.2 Å². The molecule has 100 valence electrons. The van der Waals surface area contributed by atoms with Crippen LogP contribution in [0.2, 0.25) is 0 Å². The molecule has 1 aromatic rings. The van der Waals surface area contributed by atoms with Crippen molar-refractivity contribution < 1.29 is 0 Å². The second kappa shape index (κ2) is 5.85. The first kappa shape index (κ1) is 13.6. The van der Waals surface area contributed by atoms with Crippen molar-refractivity contribution in [2.45, 2.75) is 39.2 Å². The molecule has 0 radical (unpaired) electrons. The fourth-order valence-corrected chi connectivity index (χ4v) is 2.63. The average molecular weight is 246 g/mol. The zero-order valence-corrected chi connectivity index (χ0v) is 11.9. The summed E-state index contributed by atoms with van der Waals surface area (Å²) in [5.74, 6) is 0.918. The van der Waals surface area contributed by atoms with Gasteiger partial charge in [0, 0.05) is 19.1 Å². The van der Waals surface area contributed by atoms with Gasteiger partial charge in [0.1, 0.15) is 0 Å². The van der Waals surface area contributed by atoms with E-state index in [2.05, 4.69) is 44.0 Å². The summed E-state index contributed by atoms with van der Waals surface area (Å²) in [5.41, 5.74) is 10.3. The molecule has 18 heavy (non-hydrogen) atoms. The van der Waals surface area contributed by atoms with Crippen LogP contribution in [-0.4, -0.2) is 25.0 Å². The van der Waals surface area contributed by atoms with Crippen molar-refractivity contribution in [1.82, 2.24) is 4.90 Å². The molecule has 1 aromatic carbocycles. The van der Waals surface area contributed by atoms with Crippen molar-refractivity contribution >= 4 is 0 Å². The highest BCUT2D eigenvalue weighted by molar-refractivity contribution is 5.31. The van der Waals surface area contributed by atoms with E-state index in [1.807, 2.05) is 0 Å². The molecule has 0 heterocycles. The van der Waals surface area contributed by atoms with Crippen molar-refractivity contribution in [1.29, 1.82) is 0 Å². The van der Waals surface area contributed by atoms with Crippen LogP contribution >= 0.6 is 0 Å². The molecule has 2 rings (SSSR count). The van der Waals surface area contributed by atoms with E-state index in [-0.39, 0.29) is 6.04 Å². The fraction of sp³-hybridized carbons (Fsp3) is 0.625. The van der Waals surface area contributed by atoms with Gasteiger partial charge in [0.2, 0.25) is 0 Å². The molecule has 1 saturated carbocycles. The maximum atomic E-state index is 6.31. The highest BCUT2D eigenvalue weighted by Crippen LogP contribution is 2.27. The summed E-state index contributed by atoms with van der Waals surface area (Å²) >= 11 is 0. The maximum absolute atomic E-state index is 6.31. The SMILES string of the molecule is Cc1ccc(C(N)CN(C)CC2CCC2)cc1C. The lowest BCUT2D eigenvalue weighted by atomic mass is 9.85. The summed E-state index contributed by atoms with van der Waals surface area (Å²) in [6.45, 7) is 6.47. The molecule has 2 heteroatoms. The summed E-state index contributed by atoms with van der Waals surface area (Å²) in [6.07, 6.45) is 4.23. The first-order valence-corrected chi connectivity index (χ1v) is 7.07. The predicted octanol–water partition coefficient (Wildman–Crippen LogP) is 3.04. The van der Waals surface area contributed by atoms with Crippen LogP contribution in [0.3, 0.4) is 0 Å². The van der Waals surface area contributed by atoms with Gasteiger partial charge in [-0.15, -0.1) is 0 Å². The minimum absolute atomic E-state index is 0.134. The Balaban J connectivity index is 1.89. The van der Waals surface area contributed by atoms with Crippen LogP contribution in [0, 0.1) is 19.8 Å². The molecular weight excluding hydrogens is 220 g/mol. The van der Waals surface area contributed by atoms with Crippen molar-refractivity contribution in [3.05, 3.63) is 34.9 Å². The van der Waals surface area contributed by atoms with Gasteiger partial charge in [-0.2, -0.15) is 0 Å². The molecule has 0 saturated heterocycles. The Kier molecular flexibility index (Phi) is 4.41. The Morgan fingerprint density at radius 2 is 2.00 bits per heavy atom. The molecule has 0 aliphatic heterocycles. The fourth-order valence-electron chi connectivity index (χ4n) is 2.63. The minimum atomic E-state index is 0.134. The molecule has 1 unspecified atom stereocenters. The van der Waals surface area contributed by atoms with Gasteiger partial charge < -0.3 is 10.6 Å². The van der Waals surface area contributed by atoms with Gasteiger partial charge >= 0.3 is 0 Å². The quantitative estimate of drug-likeness (QED) is 0.865. The summed E-state index contributed by atoms with van der Waals surface area (Å²) in [5, 5.41) is 0. The van der Waals surface area contributed by atoms with Crippen LogP contribution < -0.4 is 5.73 Å². The highest BCUT2D eigenvalue weighted by Gasteiger charge is 2.20. The van der Waals surface area contributed by atoms with E-state index >= 15 is 0 Å². The summed E-state index contributed by atoms with van der Waals surface area (Å²) < 4.78 is 0. The number of aryl methyl sites for hydroxylation is 2. The zero-order valence-electron chi connectivity index (χ0n) is 11.9. The lowest BCUT2D eigenvalue weighted by Gasteiger charge is -2.31. The second-order valence-electron chi connectivity index (χ2n) is 5.97. The Bertz CT molecular complexity index is 396. The van der Waals surface area contributed by atoms with Crippen LogP contribution in [0.25, 0.3) is 0 Å². The van der Waals surface area contributed by atoms with E-state index in [1.54, 1.807) is 0 Å². The summed E-state index contributed by atoms with van der Waals surface area (Å²) in [7, 11) is 2.19. The van der Waals surface area contributed by atoms with Crippen molar-refractivity contribution in [3.63, 3.8) is 0 Å². The topological polar surface area (TPSA) is 29.3 Å². The minimum Gasteiger partial charge on any atom is -0.323 e. The molecule has 1 aliphatic rings. The standard InChI is InChI=1S/C16H26N2/c1-12-7-8-15(9-13(12)2)16(17)11-18(3)10-14-5-4-6-14/h7-9,14,16H,4-6,10-11,17H2,1-3H3. The third kappa shape index (κ3) is 3.33.